The predicted octanol–water partition coefficient (Wildman–Crippen LogP) is 2.64. The number of benzene rings is 1. The van der Waals surface area contributed by atoms with Gasteiger partial charge in [0, 0.05) is 11.3 Å². The SMILES string of the molecule is O=C(NC1CC(c2cccs2)NN1)c1ccccc1OC(F)F. The van der Waals surface area contributed by atoms with E-state index in [0.29, 0.717) is 6.42 Å². The van der Waals surface area contributed by atoms with Crippen LogP contribution in [0, 0.1) is 0 Å². The number of alkyl halides is 2. The summed E-state index contributed by atoms with van der Waals surface area (Å²) in [5.41, 5.74) is 6.18. The fraction of sp³-hybridized carbons (Fsp3) is 0.267. The van der Waals surface area contributed by atoms with Gasteiger partial charge in [0.25, 0.3) is 5.91 Å². The number of carbonyl (C=O) groups is 1. The van der Waals surface area contributed by atoms with Gasteiger partial charge in [-0.05, 0) is 23.6 Å². The van der Waals surface area contributed by atoms with Crippen molar-refractivity contribution < 1.29 is 18.3 Å². The molecule has 3 rings (SSSR count). The highest BCUT2D eigenvalue weighted by Crippen LogP contribution is 2.26. The summed E-state index contributed by atoms with van der Waals surface area (Å²) in [6, 6.07) is 10.0. The predicted molar refractivity (Wildman–Crippen MR) is 82.3 cm³/mol. The van der Waals surface area contributed by atoms with Crippen molar-refractivity contribution in [2.45, 2.75) is 25.2 Å². The smallest absolute Gasteiger partial charge is 0.387 e. The zero-order valence-corrected chi connectivity index (χ0v) is 12.8. The van der Waals surface area contributed by atoms with Crippen LogP contribution in [0.15, 0.2) is 41.8 Å². The van der Waals surface area contributed by atoms with Crippen LogP contribution < -0.4 is 20.9 Å². The molecule has 1 aliphatic rings. The van der Waals surface area contributed by atoms with E-state index >= 15 is 0 Å². The molecule has 3 N–H and O–H groups in total. The van der Waals surface area contributed by atoms with Crippen LogP contribution in [-0.4, -0.2) is 18.7 Å². The molecule has 0 bridgehead atoms. The Morgan fingerprint density at radius 2 is 2.09 bits per heavy atom. The lowest BCUT2D eigenvalue weighted by Gasteiger charge is -2.14. The van der Waals surface area contributed by atoms with Gasteiger partial charge in [0.15, 0.2) is 0 Å². The van der Waals surface area contributed by atoms with Gasteiger partial charge < -0.3 is 10.1 Å². The van der Waals surface area contributed by atoms with Gasteiger partial charge in [-0.1, -0.05) is 18.2 Å². The number of nitrogens with one attached hydrogen (secondary N) is 3. The zero-order chi connectivity index (χ0) is 16.2. The van der Waals surface area contributed by atoms with E-state index in [1.807, 2.05) is 17.5 Å². The number of para-hydroxylation sites is 1. The van der Waals surface area contributed by atoms with Gasteiger partial charge in [0.05, 0.1) is 17.8 Å². The van der Waals surface area contributed by atoms with Crippen molar-refractivity contribution in [2.24, 2.45) is 0 Å². The minimum Gasteiger partial charge on any atom is -0.434 e. The molecule has 8 heteroatoms. The minimum absolute atomic E-state index is 0.0779. The lowest BCUT2D eigenvalue weighted by Crippen LogP contribution is -2.44. The molecule has 1 aromatic carbocycles. The summed E-state index contributed by atoms with van der Waals surface area (Å²) in [4.78, 5) is 13.5. The van der Waals surface area contributed by atoms with E-state index in [1.54, 1.807) is 17.4 Å². The highest BCUT2D eigenvalue weighted by Gasteiger charge is 2.27. The van der Waals surface area contributed by atoms with Crippen LogP contribution in [0.4, 0.5) is 8.78 Å². The van der Waals surface area contributed by atoms with E-state index in [0.717, 1.165) is 4.88 Å². The van der Waals surface area contributed by atoms with Gasteiger partial charge >= 0.3 is 6.61 Å². The maximum Gasteiger partial charge on any atom is 0.387 e. The molecule has 0 spiro atoms. The lowest BCUT2D eigenvalue weighted by molar-refractivity contribution is -0.0501. The summed E-state index contributed by atoms with van der Waals surface area (Å²) in [5, 5.41) is 4.75. The lowest BCUT2D eigenvalue weighted by atomic mass is 10.1. The first-order chi connectivity index (χ1) is 11.1. The number of halogens is 2. The number of rotatable bonds is 5. The van der Waals surface area contributed by atoms with E-state index in [2.05, 4.69) is 20.9 Å². The molecule has 2 unspecified atom stereocenters. The molecule has 0 saturated carbocycles. The van der Waals surface area contributed by atoms with Gasteiger partial charge in [0.1, 0.15) is 5.75 Å². The number of amides is 1. The Morgan fingerprint density at radius 3 is 2.83 bits per heavy atom. The molecule has 2 atom stereocenters. The minimum atomic E-state index is -2.97. The molecule has 0 aliphatic carbocycles. The highest BCUT2D eigenvalue weighted by molar-refractivity contribution is 7.10. The molecular formula is C15H15F2N3O2S. The number of hydrogen-bond acceptors (Lipinski definition) is 5. The maximum absolute atomic E-state index is 12.4. The van der Waals surface area contributed by atoms with Crippen LogP contribution in [0.2, 0.25) is 0 Å². The number of ether oxygens (including phenoxy) is 1. The van der Waals surface area contributed by atoms with E-state index in [-0.39, 0.29) is 23.5 Å². The van der Waals surface area contributed by atoms with Gasteiger partial charge in [-0.2, -0.15) is 8.78 Å². The Morgan fingerprint density at radius 1 is 1.26 bits per heavy atom. The second-order valence-corrected chi connectivity index (χ2v) is 5.97. The van der Waals surface area contributed by atoms with Crippen molar-refractivity contribution in [3.63, 3.8) is 0 Å². The van der Waals surface area contributed by atoms with Gasteiger partial charge in [-0.25, -0.2) is 10.9 Å². The molecule has 1 saturated heterocycles. The molecule has 0 radical (unpaired) electrons. The van der Waals surface area contributed by atoms with Crippen LogP contribution >= 0.6 is 11.3 Å². The maximum atomic E-state index is 12.4. The average Bonchev–Trinajstić information content (AvgIpc) is 3.17. The molecule has 1 fully saturated rings. The van der Waals surface area contributed by atoms with Crippen molar-refractivity contribution in [2.75, 3.05) is 0 Å². The molecule has 2 heterocycles. The van der Waals surface area contributed by atoms with E-state index in [9.17, 15) is 13.6 Å². The Kier molecular flexibility index (Phi) is 4.85. The third kappa shape index (κ3) is 3.84. The standard InChI is InChI=1S/C15H15F2N3O2S/c16-15(17)22-11-5-2-1-4-9(11)14(21)18-13-8-10(19-20-13)12-6-3-7-23-12/h1-7,10,13,15,19-20H,8H2,(H,18,21). The molecule has 1 aromatic heterocycles. The molecule has 1 aliphatic heterocycles. The summed E-state index contributed by atoms with van der Waals surface area (Å²) in [6.45, 7) is -2.97. The van der Waals surface area contributed by atoms with E-state index < -0.39 is 12.5 Å². The van der Waals surface area contributed by atoms with Crippen molar-refractivity contribution in [3.05, 3.63) is 52.2 Å². The van der Waals surface area contributed by atoms with Crippen LogP contribution in [-0.2, 0) is 0 Å². The summed E-state index contributed by atoms with van der Waals surface area (Å²) in [7, 11) is 0. The first kappa shape index (κ1) is 15.9. The molecule has 2 aromatic rings. The van der Waals surface area contributed by atoms with Crippen molar-refractivity contribution >= 4 is 17.2 Å². The largest absolute Gasteiger partial charge is 0.434 e. The molecule has 122 valence electrons. The van der Waals surface area contributed by atoms with Gasteiger partial charge in [-0.3, -0.25) is 4.79 Å². The number of hydrazine groups is 1. The van der Waals surface area contributed by atoms with Crippen molar-refractivity contribution in [1.29, 1.82) is 0 Å². The van der Waals surface area contributed by atoms with Crippen LogP contribution in [0.3, 0.4) is 0 Å². The Balaban J connectivity index is 1.64. The van der Waals surface area contributed by atoms with E-state index in [4.69, 9.17) is 0 Å². The number of carbonyl (C=O) groups excluding carboxylic acids is 1. The van der Waals surface area contributed by atoms with E-state index in [1.165, 1.54) is 18.2 Å². The number of hydrogen-bond donors (Lipinski definition) is 3. The van der Waals surface area contributed by atoms with Crippen molar-refractivity contribution in [1.82, 2.24) is 16.2 Å². The van der Waals surface area contributed by atoms with Gasteiger partial charge in [0.2, 0.25) is 0 Å². The Bertz CT molecular complexity index is 667. The zero-order valence-electron chi connectivity index (χ0n) is 12.0. The normalized spacial score (nSPS) is 20.7. The third-order valence-electron chi connectivity index (χ3n) is 3.44. The van der Waals surface area contributed by atoms with Crippen LogP contribution in [0.5, 0.6) is 5.75 Å². The topological polar surface area (TPSA) is 62.4 Å². The quantitative estimate of drug-likeness (QED) is 0.784. The fourth-order valence-corrected chi connectivity index (χ4v) is 3.21. The summed E-state index contributed by atoms with van der Waals surface area (Å²) in [5.74, 6) is -0.604. The Hall–Kier alpha value is -2.03. The molecule has 23 heavy (non-hydrogen) atoms. The van der Waals surface area contributed by atoms with Crippen LogP contribution in [0.25, 0.3) is 0 Å². The highest BCUT2D eigenvalue weighted by atomic mass is 32.1. The molecule has 1 amide bonds. The Labute approximate surface area is 135 Å². The molecule has 5 nitrogen and oxygen atoms in total. The fourth-order valence-electron chi connectivity index (χ4n) is 2.42. The van der Waals surface area contributed by atoms with Crippen LogP contribution in [0.1, 0.15) is 27.7 Å². The monoisotopic (exact) mass is 339 g/mol. The summed E-state index contributed by atoms with van der Waals surface area (Å²) in [6.07, 6.45) is 0.360. The summed E-state index contributed by atoms with van der Waals surface area (Å²) < 4.78 is 29.2. The summed E-state index contributed by atoms with van der Waals surface area (Å²) >= 11 is 1.63. The van der Waals surface area contributed by atoms with Gasteiger partial charge in [-0.15, -0.1) is 11.3 Å². The van der Waals surface area contributed by atoms with Crippen molar-refractivity contribution in [3.8, 4) is 5.75 Å². The second-order valence-electron chi connectivity index (χ2n) is 4.99. The average molecular weight is 339 g/mol. The first-order valence-electron chi connectivity index (χ1n) is 7.02. The number of thiophene rings is 1. The molecular weight excluding hydrogens is 324 g/mol. The third-order valence-corrected chi connectivity index (χ3v) is 4.43. The second kappa shape index (κ2) is 7.03. The first-order valence-corrected chi connectivity index (χ1v) is 7.90.